The molecule has 98 valence electrons. The first-order chi connectivity index (χ1) is 7.52. The Morgan fingerprint density at radius 1 is 1.29 bits per heavy atom. The van der Waals surface area contributed by atoms with Gasteiger partial charge in [0.15, 0.2) is 0 Å². The van der Waals surface area contributed by atoms with Gasteiger partial charge in [0, 0.05) is 16.9 Å². The molecular weight excluding hydrogens is 311 g/mol. The highest BCUT2D eigenvalue weighted by Crippen LogP contribution is 2.27. The molecule has 0 aliphatic rings. The van der Waals surface area contributed by atoms with Crippen molar-refractivity contribution in [1.29, 1.82) is 0 Å². The normalized spacial score (nSPS) is 12.9. The summed E-state index contributed by atoms with van der Waals surface area (Å²) in [4.78, 5) is -0.283. The van der Waals surface area contributed by atoms with Gasteiger partial charge in [0.1, 0.15) is 19.9 Å². The van der Waals surface area contributed by atoms with Gasteiger partial charge in [-0.15, -0.1) is 0 Å². The number of aryl methyl sites for hydroxylation is 2. The van der Waals surface area contributed by atoms with Gasteiger partial charge in [0.2, 0.25) is 0 Å². The summed E-state index contributed by atoms with van der Waals surface area (Å²) < 4.78 is 45.5. The van der Waals surface area contributed by atoms with Crippen LogP contribution in [0, 0.1) is 6.92 Å². The molecule has 0 N–H and O–H groups in total. The molecule has 1 aromatic rings. The van der Waals surface area contributed by atoms with E-state index in [0.717, 1.165) is 10.9 Å². The van der Waals surface area contributed by atoms with E-state index in [1.807, 2.05) is 0 Å². The third kappa shape index (κ3) is 3.84. The second kappa shape index (κ2) is 4.75. The van der Waals surface area contributed by atoms with Crippen molar-refractivity contribution in [3.8, 4) is 0 Å². The molecule has 0 aliphatic heterocycles. The van der Waals surface area contributed by atoms with Crippen molar-refractivity contribution in [3.63, 3.8) is 0 Å². The zero-order chi connectivity index (χ0) is 13.4. The lowest BCUT2D eigenvalue weighted by Gasteiger charge is -2.01. The van der Waals surface area contributed by atoms with Gasteiger partial charge in [-0.1, -0.05) is 11.6 Å². The quantitative estimate of drug-likeness (QED) is 0.766. The Balaban J connectivity index is 3.15. The Labute approximate surface area is 109 Å². The minimum Gasteiger partial charge on any atom is -0.251 e. The number of rotatable bonds is 4. The van der Waals surface area contributed by atoms with E-state index in [1.54, 1.807) is 0 Å². The molecule has 10 heteroatoms. The van der Waals surface area contributed by atoms with Crippen LogP contribution in [0.25, 0.3) is 0 Å². The third-order valence-electron chi connectivity index (χ3n) is 1.93. The van der Waals surface area contributed by atoms with E-state index in [4.69, 9.17) is 22.3 Å². The van der Waals surface area contributed by atoms with E-state index in [-0.39, 0.29) is 28.0 Å². The predicted octanol–water partition coefficient (Wildman–Crippen LogP) is 0.817. The standard InChI is InChI=1S/C7H10Cl2N2O4S2/c1-5-6(17(9,14)15)7(8)11(10-5)3-4-16(2,12)13/h3-4H2,1-2H3. The first kappa shape index (κ1) is 14.7. The Morgan fingerprint density at radius 3 is 2.18 bits per heavy atom. The summed E-state index contributed by atoms with van der Waals surface area (Å²) in [5, 5.41) is 3.66. The lowest BCUT2D eigenvalue weighted by molar-refractivity contribution is 0.585. The Kier molecular flexibility index (Phi) is 4.12. The van der Waals surface area contributed by atoms with Gasteiger partial charge in [-0.2, -0.15) is 5.10 Å². The molecule has 1 heterocycles. The highest BCUT2D eigenvalue weighted by atomic mass is 35.7. The average Bonchev–Trinajstić information content (AvgIpc) is 2.35. The molecule has 0 amide bonds. The van der Waals surface area contributed by atoms with Crippen molar-refractivity contribution < 1.29 is 16.8 Å². The highest BCUT2D eigenvalue weighted by molar-refractivity contribution is 8.13. The second-order valence-corrected chi connectivity index (χ2v) is 8.62. The first-order valence-corrected chi connectivity index (χ1v) is 9.12. The molecule has 0 unspecified atom stereocenters. The summed E-state index contributed by atoms with van der Waals surface area (Å²) in [5.74, 6) is -0.185. The second-order valence-electron chi connectivity index (χ2n) is 3.50. The molecule has 0 saturated carbocycles. The molecule has 1 rings (SSSR count). The van der Waals surface area contributed by atoms with Crippen molar-refractivity contribution in [2.24, 2.45) is 0 Å². The van der Waals surface area contributed by atoms with E-state index < -0.39 is 18.9 Å². The fraction of sp³-hybridized carbons (Fsp3) is 0.571. The lowest BCUT2D eigenvalue weighted by atomic mass is 10.5. The van der Waals surface area contributed by atoms with Gasteiger partial charge in [-0.05, 0) is 6.92 Å². The van der Waals surface area contributed by atoms with E-state index in [2.05, 4.69) is 5.10 Å². The first-order valence-electron chi connectivity index (χ1n) is 4.37. The van der Waals surface area contributed by atoms with Gasteiger partial charge >= 0.3 is 0 Å². The summed E-state index contributed by atoms with van der Waals surface area (Å²) in [6.07, 6.45) is 1.07. The van der Waals surface area contributed by atoms with Crippen LogP contribution in [0.15, 0.2) is 4.90 Å². The van der Waals surface area contributed by atoms with Gasteiger partial charge in [0.05, 0.1) is 18.0 Å². The van der Waals surface area contributed by atoms with Crippen LogP contribution in [0.4, 0.5) is 0 Å². The molecule has 17 heavy (non-hydrogen) atoms. The van der Waals surface area contributed by atoms with Crippen molar-refractivity contribution in [3.05, 3.63) is 10.8 Å². The molecule has 0 spiro atoms. The summed E-state index contributed by atoms with van der Waals surface area (Å²) in [6.45, 7) is 1.41. The lowest BCUT2D eigenvalue weighted by Crippen LogP contribution is -2.12. The van der Waals surface area contributed by atoms with Crippen LogP contribution in [-0.4, -0.2) is 38.6 Å². The smallest absolute Gasteiger partial charge is 0.251 e. The number of hydrogen-bond donors (Lipinski definition) is 0. The SMILES string of the molecule is Cc1nn(CCS(C)(=O)=O)c(Cl)c1S(=O)(=O)Cl. The Hall–Kier alpha value is -0.310. The van der Waals surface area contributed by atoms with Crippen molar-refractivity contribution in [2.75, 3.05) is 12.0 Å². The van der Waals surface area contributed by atoms with Crippen LogP contribution in [0.2, 0.25) is 5.15 Å². The minimum absolute atomic E-state index is 0.0229. The fourth-order valence-electron chi connectivity index (χ4n) is 1.21. The highest BCUT2D eigenvalue weighted by Gasteiger charge is 2.24. The van der Waals surface area contributed by atoms with E-state index in [0.29, 0.717) is 0 Å². The molecule has 0 bridgehead atoms. The zero-order valence-corrected chi connectivity index (χ0v) is 12.2. The maximum Gasteiger partial charge on any atom is 0.266 e. The van der Waals surface area contributed by atoms with Crippen LogP contribution in [0.1, 0.15) is 5.69 Å². The summed E-state index contributed by atoms with van der Waals surface area (Å²) in [5.41, 5.74) is 0.138. The molecule has 6 nitrogen and oxygen atoms in total. The molecule has 0 fully saturated rings. The molecule has 0 saturated heterocycles. The topological polar surface area (TPSA) is 86.1 Å². The predicted molar refractivity (Wildman–Crippen MR) is 64.7 cm³/mol. The van der Waals surface area contributed by atoms with Gasteiger partial charge < -0.3 is 0 Å². The molecular formula is C7H10Cl2N2O4S2. The molecule has 0 radical (unpaired) electrons. The maximum atomic E-state index is 11.2. The number of halogens is 2. The van der Waals surface area contributed by atoms with Crippen LogP contribution in [0.5, 0.6) is 0 Å². The van der Waals surface area contributed by atoms with Crippen LogP contribution in [0.3, 0.4) is 0 Å². The summed E-state index contributed by atoms with van der Waals surface area (Å²) >= 11 is 5.79. The molecule has 0 aromatic carbocycles. The molecule has 0 aliphatic carbocycles. The van der Waals surface area contributed by atoms with E-state index in [1.165, 1.54) is 6.92 Å². The molecule has 1 aromatic heterocycles. The summed E-state index contributed by atoms with van der Waals surface area (Å²) in [6, 6.07) is 0. The number of hydrogen-bond acceptors (Lipinski definition) is 5. The van der Waals surface area contributed by atoms with Gasteiger partial charge in [0.25, 0.3) is 9.05 Å². The monoisotopic (exact) mass is 320 g/mol. The van der Waals surface area contributed by atoms with Crippen LogP contribution >= 0.6 is 22.3 Å². The molecule has 0 atom stereocenters. The Morgan fingerprint density at radius 2 is 1.82 bits per heavy atom. The maximum absolute atomic E-state index is 11.2. The Bertz CT molecular complexity index is 633. The van der Waals surface area contributed by atoms with E-state index >= 15 is 0 Å². The van der Waals surface area contributed by atoms with Gasteiger partial charge in [-0.3, -0.25) is 4.68 Å². The third-order valence-corrected chi connectivity index (χ3v) is 4.79. The number of nitrogens with zero attached hydrogens (tertiary/aromatic N) is 2. The number of aromatic nitrogens is 2. The summed E-state index contributed by atoms with van der Waals surface area (Å²) in [7, 11) is -1.98. The van der Waals surface area contributed by atoms with Crippen molar-refractivity contribution >= 4 is 41.2 Å². The largest absolute Gasteiger partial charge is 0.266 e. The van der Waals surface area contributed by atoms with Crippen molar-refractivity contribution in [2.45, 2.75) is 18.4 Å². The van der Waals surface area contributed by atoms with Crippen LogP contribution in [-0.2, 0) is 25.4 Å². The minimum atomic E-state index is -3.99. The fourth-order valence-corrected chi connectivity index (χ4v) is 3.66. The van der Waals surface area contributed by atoms with Crippen molar-refractivity contribution in [1.82, 2.24) is 9.78 Å². The van der Waals surface area contributed by atoms with Gasteiger partial charge in [-0.25, -0.2) is 16.8 Å². The number of sulfone groups is 1. The van der Waals surface area contributed by atoms with E-state index in [9.17, 15) is 16.8 Å². The average molecular weight is 321 g/mol. The zero-order valence-electron chi connectivity index (χ0n) is 9.01. The van der Waals surface area contributed by atoms with Crippen LogP contribution < -0.4 is 0 Å².